The van der Waals surface area contributed by atoms with Crippen LogP contribution < -0.4 is 5.32 Å². The van der Waals surface area contributed by atoms with E-state index in [-0.39, 0.29) is 11.1 Å². The van der Waals surface area contributed by atoms with E-state index in [1.165, 1.54) is 41.7 Å². The molecule has 2 rings (SSSR count). The Labute approximate surface area is 147 Å². The van der Waals surface area contributed by atoms with Gasteiger partial charge in [0.2, 0.25) is 0 Å². The van der Waals surface area contributed by atoms with Crippen LogP contribution in [0.25, 0.3) is 0 Å². The number of carbonyl (C=O) groups is 2. The van der Waals surface area contributed by atoms with Crippen molar-refractivity contribution in [3.05, 3.63) is 65.7 Å². The molecule has 1 N–H and O–H groups in total. The van der Waals surface area contributed by atoms with E-state index in [0.29, 0.717) is 0 Å². The molecule has 0 aliphatic carbocycles. The van der Waals surface area contributed by atoms with E-state index in [4.69, 9.17) is 0 Å². The number of halogens is 7. The number of alkyl halides is 7. The zero-order valence-corrected chi connectivity index (χ0v) is 13.2. The summed E-state index contributed by atoms with van der Waals surface area (Å²) in [5, 5.41) is 1.29. The monoisotopic (exact) mass is 393 g/mol. The van der Waals surface area contributed by atoms with Crippen LogP contribution in [-0.4, -0.2) is 29.7 Å². The van der Waals surface area contributed by atoms with Crippen LogP contribution in [0.4, 0.5) is 36.4 Å². The highest BCUT2D eigenvalue weighted by molar-refractivity contribution is 6.14. The minimum atomic E-state index is -6.65. The summed E-state index contributed by atoms with van der Waals surface area (Å²) in [6.45, 7) is 0. The van der Waals surface area contributed by atoms with Crippen molar-refractivity contribution in [1.82, 2.24) is 0 Å². The van der Waals surface area contributed by atoms with Gasteiger partial charge >= 0.3 is 23.9 Å². The molecule has 0 saturated heterocycles. The van der Waals surface area contributed by atoms with E-state index in [2.05, 4.69) is 0 Å². The molecule has 10 heteroatoms. The molecule has 0 fully saturated rings. The number of ketones is 1. The lowest BCUT2D eigenvalue weighted by atomic mass is 10.0. The summed E-state index contributed by atoms with van der Waals surface area (Å²) < 4.78 is 89.5. The average Bonchev–Trinajstić information content (AvgIpc) is 2.61. The highest BCUT2D eigenvalue weighted by Gasteiger charge is 2.76. The van der Waals surface area contributed by atoms with Gasteiger partial charge in [0.1, 0.15) is 0 Å². The van der Waals surface area contributed by atoms with E-state index in [0.717, 1.165) is 12.1 Å². The Bertz CT molecular complexity index is 848. The van der Waals surface area contributed by atoms with Crippen LogP contribution in [0.15, 0.2) is 54.6 Å². The maximum atomic E-state index is 13.5. The molecule has 0 aliphatic heterocycles. The van der Waals surface area contributed by atoms with Crippen LogP contribution in [0, 0.1) is 0 Å². The third-order valence-corrected chi connectivity index (χ3v) is 3.49. The summed E-state index contributed by atoms with van der Waals surface area (Å²) in [6, 6.07) is 11.8. The third kappa shape index (κ3) is 3.79. The molecule has 0 atom stereocenters. The lowest BCUT2D eigenvalue weighted by molar-refractivity contribution is -0.343. The first-order valence-corrected chi connectivity index (χ1v) is 7.22. The number of carbonyl (C=O) groups excluding carboxylic acids is 2. The van der Waals surface area contributed by atoms with E-state index in [1.807, 2.05) is 0 Å². The zero-order chi connectivity index (χ0) is 20.5. The average molecular weight is 393 g/mol. The highest BCUT2D eigenvalue weighted by atomic mass is 19.4. The van der Waals surface area contributed by atoms with Crippen LogP contribution in [0.5, 0.6) is 0 Å². The summed E-state index contributed by atoms with van der Waals surface area (Å²) in [7, 11) is 0. The molecule has 3 nitrogen and oxygen atoms in total. The van der Waals surface area contributed by atoms with E-state index in [9.17, 15) is 40.3 Å². The summed E-state index contributed by atoms with van der Waals surface area (Å²) in [5.41, 5.74) is -0.899. The van der Waals surface area contributed by atoms with E-state index in [1.54, 1.807) is 6.07 Å². The Kier molecular flexibility index (Phi) is 5.30. The molecular weight excluding hydrogens is 383 g/mol. The van der Waals surface area contributed by atoms with Crippen LogP contribution in [0.1, 0.15) is 15.9 Å². The molecule has 0 unspecified atom stereocenters. The van der Waals surface area contributed by atoms with Gasteiger partial charge in [-0.05, 0) is 12.1 Å². The Morgan fingerprint density at radius 3 is 1.81 bits per heavy atom. The topological polar surface area (TPSA) is 46.2 Å². The van der Waals surface area contributed by atoms with Gasteiger partial charge in [-0.2, -0.15) is 30.7 Å². The minimum absolute atomic E-state index is 0.0894. The van der Waals surface area contributed by atoms with Gasteiger partial charge < -0.3 is 5.32 Å². The van der Waals surface area contributed by atoms with Crippen LogP contribution in [0.2, 0.25) is 0 Å². The summed E-state index contributed by atoms with van der Waals surface area (Å²) in [4.78, 5) is 23.9. The highest BCUT2D eigenvalue weighted by Crippen LogP contribution is 2.47. The second kappa shape index (κ2) is 7.01. The Morgan fingerprint density at radius 2 is 1.26 bits per heavy atom. The predicted molar refractivity (Wildman–Crippen MR) is 80.9 cm³/mol. The quantitative estimate of drug-likeness (QED) is 0.592. The van der Waals surface area contributed by atoms with Gasteiger partial charge in [-0.25, -0.2) is 0 Å². The predicted octanol–water partition coefficient (Wildman–Crippen LogP) is 4.69. The number of nitrogens with one attached hydrogen (secondary N) is 1. The third-order valence-electron chi connectivity index (χ3n) is 3.49. The molecule has 1 amide bonds. The lowest BCUT2D eigenvalue weighted by Gasteiger charge is -2.27. The van der Waals surface area contributed by atoms with Gasteiger partial charge in [0, 0.05) is 11.1 Å². The van der Waals surface area contributed by atoms with Crippen molar-refractivity contribution in [1.29, 1.82) is 0 Å². The van der Waals surface area contributed by atoms with Gasteiger partial charge in [0.05, 0.1) is 5.69 Å². The molecule has 0 bridgehead atoms. The van der Waals surface area contributed by atoms with Gasteiger partial charge in [-0.1, -0.05) is 42.5 Å². The van der Waals surface area contributed by atoms with Crippen molar-refractivity contribution in [2.45, 2.75) is 18.0 Å². The van der Waals surface area contributed by atoms with Gasteiger partial charge in [-0.15, -0.1) is 0 Å². The maximum Gasteiger partial charge on any atom is 0.460 e. The SMILES string of the molecule is O=C(c1ccccc1)c1ccccc1NC(=O)C(F)(F)C(F)(F)C(F)(F)F. The molecule has 0 saturated carbocycles. The molecule has 0 spiro atoms. The summed E-state index contributed by atoms with van der Waals surface area (Å²) in [6.07, 6.45) is -6.65. The van der Waals surface area contributed by atoms with Crippen LogP contribution in [0.3, 0.4) is 0 Å². The van der Waals surface area contributed by atoms with Gasteiger partial charge in [-0.3, -0.25) is 9.59 Å². The first kappa shape index (κ1) is 20.4. The number of para-hydroxylation sites is 1. The van der Waals surface area contributed by atoms with Crippen molar-refractivity contribution in [2.75, 3.05) is 5.32 Å². The number of hydrogen-bond acceptors (Lipinski definition) is 2. The van der Waals surface area contributed by atoms with Gasteiger partial charge in [0.15, 0.2) is 5.78 Å². The number of anilines is 1. The molecule has 27 heavy (non-hydrogen) atoms. The van der Waals surface area contributed by atoms with Crippen molar-refractivity contribution in [3.63, 3.8) is 0 Å². The molecule has 0 heterocycles. The van der Waals surface area contributed by atoms with Crippen molar-refractivity contribution >= 4 is 17.4 Å². The van der Waals surface area contributed by atoms with Crippen LogP contribution >= 0.6 is 0 Å². The largest absolute Gasteiger partial charge is 0.460 e. The zero-order valence-electron chi connectivity index (χ0n) is 13.2. The van der Waals surface area contributed by atoms with E-state index < -0.39 is 35.4 Å². The smallest absolute Gasteiger partial charge is 0.320 e. The molecule has 144 valence electrons. The van der Waals surface area contributed by atoms with Gasteiger partial charge in [0.25, 0.3) is 0 Å². The minimum Gasteiger partial charge on any atom is -0.320 e. The normalized spacial score (nSPS) is 12.6. The van der Waals surface area contributed by atoms with Crippen molar-refractivity contribution < 1.29 is 40.3 Å². The van der Waals surface area contributed by atoms with Crippen molar-refractivity contribution in [2.24, 2.45) is 0 Å². The molecule has 0 aliphatic rings. The standard InChI is InChI=1S/C17H10F7NO2/c18-15(19,16(20,21)17(22,23)24)14(27)25-12-9-5-4-8-11(12)13(26)10-6-2-1-3-7-10/h1-9H,(H,25,27). The second-order valence-electron chi connectivity index (χ2n) is 5.34. The molecular formula is C17H10F7NO2. The molecule has 0 aromatic heterocycles. The number of rotatable bonds is 5. The summed E-state index contributed by atoms with van der Waals surface area (Å²) in [5.74, 6) is -16.3. The number of hydrogen-bond donors (Lipinski definition) is 1. The fraction of sp³-hybridized carbons (Fsp3) is 0.176. The Balaban J connectivity index is 2.36. The molecule has 2 aromatic carbocycles. The number of benzene rings is 2. The fourth-order valence-corrected chi connectivity index (χ4v) is 2.06. The second-order valence-corrected chi connectivity index (χ2v) is 5.34. The van der Waals surface area contributed by atoms with E-state index >= 15 is 0 Å². The first-order chi connectivity index (χ1) is 12.4. The Hall–Kier alpha value is -2.91. The summed E-state index contributed by atoms with van der Waals surface area (Å²) >= 11 is 0. The number of amides is 1. The fourth-order valence-electron chi connectivity index (χ4n) is 2.06. The lowest BCUT2D eigenvalue weighted by Crippen LogP contribution is -2.57. The maximum absolute atomic E-state index is 13.5. The van der Waals surface area contributed by atoms with Crippen LogP contribution in [-0.2, 0) is 4.79 Å². The molecule has 0 radical (unpaired) electrons. The first-order valence-electron chi connectivity index (χ1n) is 7.22. The Morgan fingerprint density at radius 1 is 0.741 bits per heavy atom. The molecule has 2 aromatic rings. The van der Waals surface area contributed by atoms with Crippen molar-refractivity contribution in [3.8, 4) is 0 Å².